The van der Waals surface area contributed by atoms with Crippen LogP contribution in [0.25, 0.3) is 38.9 Å². The summed E-state index contributed by atoms with van der Waals surface area (Å²) >= 11 is 0. The van der Waals surface area contributed by atoms with E-state index >= 15 is 0 Å². The summed E-state index contributed by atoms with van der Waals surface area (Å²) < 4.78 is 9.00. The molecule has 3 aromatic heterocycles. The molecule has 0 aliphatic heterocycles. The maximum atomic E-state index is 13.7. The minimum absolute atomic E-state index is 0.0741. The van der Waals surface area contributed by atoms with Crippen molar-refractivity contribution in [2.75, 3.05) is 7.11 Å². The van der Waals surface area contributed by atoms with Crippen molar-refractivity contribution in [2.45, 2.75) is 33.7 Å². The van der Waals surface area contributed by atoms with Crippen molar-refractivity contribution in [1.82, 2.24) is 24.1 Å². The second kappa shape index (κ2) is 7.75. The number of fused-ring (bicyclic) bond motifs is 4. The average molecular weight is 428 g/mol. The highest BCUT2D eigenvalue weighted by atomic mass is 16.5. The molecule has 7 nitrogen and oxygen atoms in total. The Kier molecular flexibility index (Phi) is 4.89. The van der Waals surface area contributed by atoms with Crippen LogP contribution in [0.15, 0.2) is 53.3 Å². The summed E-state index contributed by atoms with van der Waals surface area (Å²) in [4.78, 5) is 28.3. The highest BCUT2D eigenvalue weighted by Gasteiger charge is 2.22. The van der Waals surface area contributed by atoms with Crippen LogP contribution in [0.1, 0.15) is 26.1 Å². The molecule has 3 heterocycles. The Morgan fingerprint density at radius 3 is 2.28 bits per heavy atom. The lowest BCUT2D eigenvalue weighted by molar-refractivity contribution is 0.415. The third kappa shape index (κ3) is 3.21. The minimum Gasteiger partial charge on any atom is -0.497 e. The molecule has 32 heavy (non-hydrogen) atoms. The van der Waals surface area contributed by atoms with Crippen molar-refractivity contribution in [1.29, 1.82) is 0 Å². The lowest BCUT2D eigenvalue weighted by Gasteiger charge is -2.12. The van der Waals surface area contributed by atoms with Crippen molar-refractivity contribution in [3.05, 3.63) is 64.7 Å². The molecule has 7 heteroatoms. The van der Waals surface area contributed by atoms with Crippen molar-refractivity contribution in [3.8, 4) is 11.4 Å². The Morgan fingerprint density at radius 2 is 1.62 bits per heavy atom. The minimum atomic E-state index is -0.0741. The lowest BCUT2D eigenvalue weighted by Crippen LogP contribution is -2.24. The van der Waals surface area contributed by atoms with Gasteiger partial charge in [0, 0.05) is 12.2 Å². The Hall–Kier alpha value is -3.74. The van der Waals surface area contributed by atoms with E-state index in [1.165, 1.54) is 0 Å². The smallest absolute Gasteiger partial charge is 0.265 e. The zero-order valence-corrected chi connectivity index (χ0v) is 18.7. The van der Waals surface area contributed by atoms with Gasteiger partial charge in [0.05, 0.1) is 18.1 Å². The van der Waals surface area contributed by atoms with Crippen LogP contribution in [0.2, 0.25) is 0 Å². The van der Waals surface area contributed by atoms with Crippen molar-refractivity contribution in [3.63, 3.8) is 0 Å². The van der Waals surface area contributed by atoms with Crippen LogP contribution >= 0.6 is 0 Å². The zero-order valence-electron chi connectivity index (χ0n) is 18.7. The van der Waals surface area contributed by atoms with Crippen molar-refractivity contribution < 1.29 is 4.74 Å². The molecule has 162 valence electrons. The Bertz CT molecular complexity index is 1510. The summed E-state index contributed by atoms with van der Waals surface area (Å²) in [5.41, 5.74) is 4.07. The quantitative estimate of drug-likeness (QED) is 0.408. The van der Waals surface area contributed by atoms with Gasteiger partial charge in [-0.2, -0.15) is 0 Å². The van der Waals surface area contributed by atoms with Gasteiger partial charge in [-0.15, -0.1) is 0 Å². The van der Waals surface area contributed by atoms with Gasteiger partial charge in [0.2, 0.25) is 0 Å². The maximum Gasteiger partial charge on any atom is 0.265 e. The van der Waals surface area contributed by atoms with E-state index in [9.17, 15) is 4.79 Å². The van der Waals surface area contributed by atoms with Gasteiger partial charge in [0.15, 0.2) is 11.3 Å². The molecule has 0 aliphatic rings. The summed E-state index contributed by atoms with van der Waals surface area (Å²) in [6.07, 6.45) is 0.902. The highest BCUT2D eigenvalue weighted by molar-refractivity contribution is 6.05. The number of hydrogen-bond acceptors (Lipinski definition) is 5. The SMILES string of the molecule is COc1ccc(-n2c3nc4ccccc4nc3c3c(=O)n(CCC(C)C)c(C)nc32)cc1. The molecule has 5 aromatic rings. The summed E-state index contributed by atoms with van der Waals surface area (Å²) in [6.45, 7) is 6.81. The van der Waals surface area contributed by atoms with E-state index in [2.05, 4.69) is 13.8 Å². The van der Waals surface area contributed by atoms with E-state index in [0.717, 1.165) is 28.9 Å². The molecular weight excluding hydrogens is 402 g/mol. The Labute approximate surface area is 185 Å². The number of ether oxygens (including phenoxy) is 1. The molecular formula is C25H25N5O2. The average Bonchev–Trinajstić information content (AvgIpc) is 3.10. The normalized spacial score (nSPS) is 11.8. The fourth-order valence-corrected chi connectivity index (χ4v) is 4.06. The molecule has 0 amide bonds. The van der Waals surface area contributed by atoms with Gasteiger partial charge >= 0.3 is 0 Å². The Balaban J connectivity index is 1.89. The van der Waals surface area contributed by atoms with Crippen LogP contribution in [-0.2, 0) is 6.54 Å². The molecule has 0 saturated heterocycles. The number of benzene rings is 2. The van der Waals surface area contributed by atoms with Crippen molar-refractivity contribution in [2.24, 2.45) is 5.92 Å². The van der Waals surface area contributed by atoms with Gasteiger partial charge in [-0.05, 0) is 55.7 Å². The van der Waals surface area contributed by atoms with Crippen LogP contribution in [-0.4, -0.2) is 31.2 Å². The summed E-state index contributed by atoms with van der Waals surface area (Å²) in [7, 11) is 1.64. The first kappa shape index (κ1) is 20.2. The molecule has 0 fully saturated rings. The summed E-state index contributed by atoms with van der Waals surface area (Å²) in [5.74, 6) is 1.93. The number of aromatic nitrogens is 5. The molecule has 0 spiro atoms. The number of aryl methyl sites for hydroxylation is 1. The number of para-hydroxylation sites is 2. The van der Waals surface area contributed by atoms with Crippen molar-refractivity contribution >= 4 is 33.2 Å². The van der Waals surface area contributed by atoms with Gasteiger partial charge in [-0.1, -0.05) is 26.0 Å². The highest BCUT2D eigenvalue weighted by Crippen LogP contribution is 2.29. The standard InChI is InChI=1S/C25H25N5O2/c1-15(2)13-14-29-16(3)26-23-21(25(29)31)22-24(28-20-8-6-5-7-19(20)27-22)30(23)17-9-11-18(32-4)12-10-17/h5-12,15H,13-14H2,1-4H3. The van der Waals surface area contributed by atoms with Crippen LogP contribution in [0.3, 0.4) is 0 Å². The number of rotatable bonds is 5. The summed E-state index contributed by atoms with van der Waals surface area (Å²) in [5, 5.41) is 0.503. The molecule has 0 aliphatic carbocycles. The zero-order chi connectivity index (χ0) is 22.4. The van der Waals surface area contributed by atoms with E-state index in [0.29, 0.717) is 40.5 Å². The van der Waals surface area contributed by atoms with Crippen LogP contribution in [0, 0.1) is 12.8 Å². The first-order valence-electron chi connectivity index (χ1n) is 10.8. The lowest BCUT2D eigenvalue weighted by atomic mass is 10.1. The molecule has 2 aromatic carbocycles. The van der Waals surface area contributed by atoms with E-state index in [-0.39, 0.29) is 5.56 Å². The van der Waals surface area contributed by atoms with E-state index in [4.69, 9.17) is 19.7 Å². The fraction of sp³-hybridized carbons (Fsp3) is 0.280. The van der Waals surface area contributed by atoms with Gasteiger partial charge < -0.3 is 4.74 Å². The van der Waals surface area contributed by atoms with Gasteiger partial charge in [0.1, 0.15) is 22.5 Å². The molecule has 0 unspecified atom stereocenters. The first-order valence-corrected chi connectivity index (χ1v) is 10.8. The van der Waals surface area contributed by atoms with E-state index < -0.39 is 0 Å². The number of hydrogen-bond donors (Lipinski definition) is 0. The number of nitrogens with zero attached hydrogens (tertiary/aromatic N) is 5. The second-order valence-electron chi connectivity index (χ2n) is 8.41. The van der Waals surface area contributed by atoms with Gasteiger partial charge in [0.25, 0.3) is 5.56 Å². The molecule has 0 atom stereocenters. The second-order valence-corrected chi connectivity index (χ2v) is 8.41. The van der Waals surface area contributed by atoms with Gasteiger partial charge in [-0.25, -0.2) is 15.0 Å². The number of methoxy groups -OCH3 is 1. The molecule has 5 rings (SSSR count). The van der Waals surface area contributed by atoms with E-state index in [1.54, 1.807) is 11.7 Å². The molecule has 0 bridgehead atoms. The first-order chi connectivity index (χ1) is 15.5. The third-order valence-corrected chi connectivity index (χ3v) is 5.81. The predicted molar refractivity (Wildman–Crippen MR) is 127 cm³/mol. The van der Waals surface area contributed by atoms with Crippen LogP contribution in [0.5, 0.6) is 5.75 Å². The Morgan fingerprint density at radius 1 is 0.938 bits per heavy atom. The fourth-order valence-electron chi connectivity index (χ4n) is 4.06. The monoisotopic (exact) mass is 427 g/mol. The topological polar surface area (TPSA) is 74.8 Å². The molecule has 0 radical (unpaired) electrons. The van der Waals surface area contributed by atoms with Crippen LogP contribution in [0.4, 0.5) is 0 Å². The molecule has 0 saturated carbocycles. The molecule has 0 N–H and O–H groups in total. The van der Waals surface area contributed by atoms with E-state index in [1.807, 2.05) is 60.0 Å². The predicted octanol–water partition coefficient (Wildman–Crippen LogP) is 4.65. The maximum absolute atomic E-state index is 13.7. The largest absolute Gasteiger partial charge is 0.497 e. The summed E-state index contributed by atoms with van der Waals surface area (Å²) in [6, 6.07) is 15.4. The van der Waals surface area contributed by atoms with Gasteiger partial charge in [-0.3, -0.25) is 13.9 Å². The third-order valence-electron chi connectivity index (χ3n) is 5.81. The van der Waals surface area contributed by atoms with Crippen LogP contribution < -0.4 is 10.3 Å².